The minimum atomic E-state index is -0.690. The molecule has 3 aromatic heterocycles. The van der Waals surface area contributed by atoms with Crippen LogP contribution in [0.2, 0.25) is 0 Å². The fourth-order valence-electron chi connectivity index (χ4n) is 7.04. The monoisotopic (exact) mass is 574 g/mol. The number of nitrogens with two attached hydrogens (primary N) is 1. The van der Waals surface area contributed by atoms with E-state index in [0.29, 0.717) is 34.9 Å². The fraction of sp³-hybridized carbons (Fsp3) is 0.600. The van der Waals surface area contributed by atoms with Gasteiger partial charge in [0.25, 0.3) is 0 Å². The maximum atomic E-state index is 6.61. The van der Waals surface area contributed by atoms with Gasteiger partial charge in [-0.05, 0) is 63.8 Å². The number of likely N-dealkylation sites (N-methyl/N-ethyl adjacent to an activating group) is 1. The largest absolute Gasteiger partial charge is 0.382 e. The van der Waals surface area contributed by atoms with E-state index >= 15 is 0 Å². The number of anilines is 1. The SMILES string of the molecule is CN(CC1OC(n2cnc3c(N)ncnc32)C2OC(C)(C)OC12)C1CC(CCc2nc3ccc(C4COC4)cc3[nH]2)C1. The van der Waals surface area contributed by atoms with Crippen molar-refractivity contribution in [3.05, 3.63) is 42.2 Å². The van der Waals surface area contributed by atoms with Crippen LogP contribution < -0.4 is 5.73 Å². The molecule has 4 aliphatic rings. The molecule has 4 unspecified atom stereocenters. The number of nitrogen functional groups attached to an aromatic ring is 1. The predicted octanol–water partition coefficient (Wildman–Crippen LogP) is 3.16. The van der Waals surface area contributed by atoms with Crippen LogP contribution in [-0.2, 0) is 25.4 Å². The van der Waals surface area contributed by atoms with E-state index in [1.54, 1.807) is 6.33 Å². The zero-order chi connectivity index (χ0) is 28.6. The van der Waals surface area contributed by atoms with E-state index in [1.807, 2.05) is 18.4 Å². The summed E-state index contributed by atoms with van der Waals surface area (Å²) in [5, 5.41) is 0. The minimum Gasteiger partial charge on any atom is -0.382 e. The molecule has 4 aromatic rings. The highest BCUT2D eigenvalue weighted by Crippen LogP contribution is 2.45. The fourth-order valence-corrected chi connectivity index (χ4v) is 7.04. The predicted molar refractivity (Wildman–Crippen MR) is 155 cm³/mol. The number of nitrogens with zero attached hydrogens (tertiary/aromatic N) is 6. The lowest BCUT2D eigenvalue weighted by atomic mass is 9.76. The number of ether oxygens (including phenoxy) is 4. The summed E-state index contributed by atoms with van der Waals surface area (Å²) in [6.07, 6.45) is 6.61. The van der Waals surface area contributed by atoms with Crippen molar-refractivity contribution in [1.82, 2.24) is 34.4 Å². The first-order valence-electron chi connectivity index (χ1n) is 15.0. The van der Waals surface area contributed by atoms with Crippen LogP contribution in [0.25, 0.3) is 22.2 Å². The molecule has 222 valence electrons. The summed E-state index contributed by atoms with van der Waals surface area (Å²) >= 11 is 0. The molecule has 1 saturated carbocycles. The molecule has 6 heterocycles. The van der Waals surface area contributed by atoms with E-state index in [1.165, 1.54) is 24.7 Å². The van der Waals surface area contributed by atoms with Crippen LogP contribution in [0.4, 0.5) is 5.82 Å². The molecule has 3 aliphatic heterocycles. The highest BCUT2D eigenvalue weighted by atomic mass is 16.8. The summed E-state index contributed by atoms with van der Waals surface area (Å²) in [7, 11) is 2.19. The Morgan fingerprint density at radius 1 is 1.12 bits per heavy atom. The van der Waals surface area contributed by atoms with Crippen LogP contribution in [0.15, 0.2) is 30.9 Å². The molecule has 8 rings (SSSR count). The molecule has 0 radical (unpaired) electrons. The van der Waals surface area contributed by atoms with Gasteiger partial charge in [-0.1, -0.05) is 6.07 Å². The number of rotatable bonds is 8. The molecule has 1 aromatic carbocycles. The Labute approximate surface area is 243 Å². The van der Waals surface area contributed by atoms with Gasteiger partial charge in [0.2, 0.25) is 0 Å². The van der Waals surface area contributed by atoms with E-state index in [-0.39, 0.29) is 18.3 Å². The molecule has 1 aliphatic carbocycles. The third kappa shape index (κ3) is 4.56. The van der Waals surface area contributed by atoms with Crippen molar-refractivity contribution in [2.45, 2.75) is 81.8 Å². The number of aryl methyl sites for hydroxylation is 1. The Morgan fingerprint density at radius 2 is 1.95 bits per heavy atom. The van der Waals surface area contributed by atoms with Crippen molar-refractivity contribution in [2.75, 3.05) is 32.5 Å². The third-order valence-corrected chi connectivity index (χ3v) is 9.54. The minimum absolute atomic E-state index is 0.144. The van der Waals surface area contributed by atoms with Crippen LogP contribution in [-0.4, -0.2) is 91.3 Å². The van der Waals surface area contributed by atoms with Crippen LogP contribution in [0.3, 0.4) is 0 Å². The number of aromatic amines is 1. The van der Waals surface area contributed by atoms with Gasteiger partial charge in [0, 0.05) is 24.9 Å². The summed E-state index contributed by atoms with van der Waals surface area (Å²) in [4.78, 5) is 23.8. The number of aromatic nitrogens is 6. The zero-order valence-electron chi connectivity index (χ0n) is 24.3. The summed E-state index contributed by atoms with van der Waals surface area (Å²) in [5.74, 6) is 1.97. The van der Waals surface area contributed by atoms with Gasteiger partial charge in [0.15, 0.2) is 23.5 Å². The second kappa shape index (κ2) is 9.95. The first-order valence-corrected chi connectivity index (χ1v) is 15.0. The van der Waals surface area contributed by atoms with Crippen LogP contribution in [0, 0.1) is 5.92 Å². The van der Waals surface area contributed by atoms with Gasteiger partial charge in [-0.15, -0.1) is 0 Å². The van der Waals surface area contributed by atoms with Crippen molar-refractivity contribution >= 4 is 28.0 Å². The van der Waals surface area contributed by atoms with Crippen LogP contribution >= 0.6 is 0 Å². The van der Waals surface area contributed by atoms with Crippen molar-refractivity contribution < 1.29 is 18.9 Å². The van der Waals surface area contributed by atoms with Crippen molar-refractivity contribution in [3.8, 4) is 0 Å². The molecule has 0 bridgehead atoms. The maximum absolute atomic E-state index is 6.61. The molecule has 42 heavy (non-hydrogen) atoms. The van der Waals surface area contributed by atoms with Crippen LogP contribution in [0.1, 0.15) is 56.6 Å². The quantitative estimate of drug-likeness (QED) is 0.323. The van der Waals surface area contributed by atoms with Gasteiger partial charge >= 0.3 is 0 Å². The number of benzene rings is 1. The van der Waals surface area contributed by atoms with Gasteiger partial charge in [-0.25, -0.2) is 19.9 Å². The number of H-pyrrole nitrogens is 1. The maximum Gasteiger partial charge on any atom is 0.167 e. The van der Waals surface area contributed by atoms with E-state index in [9.17, 15) is 0 Å². The Bertz CT molecular complexity index is 1610. The van der Waals surface area contributed by atoms with Gasteiger partial charge in [-0.2, -0.15) is 0 Å². The Kier molecular flexibility index (Phi) is 6.27. The smallest absolute Gasteiger partial charge is 0.167 e. The summed E-state index contributed by atoms with van der Waals surface area (Å²) in [5.41, 5.74) is 10.8. The topological polar surface area (TPSA) is 138 Å². The van der Waals surface area contributed by atoms with Gasteiger partial charge in [0.05, 0.1) is 30.6 Å². The van der Waals surface area contributed by atoms with Crippen LogP contribution in [0.5, 0.6) is 0 Å². The highest BCUT2D eigenvalue weighted by Gasteiger charge is 2.56. The summed E-state index contributed by atoms with van der Waals surface area (Å²) < 4.78 is 26.6. The number of fused-ring (bicyclic) bond motifs is 3. The van der Waals surface area contributed by atoms with E-state index in [0.717, 1.165) is 49.5 Å². The second-order valence-corrected chi connectivity index (χ2v) is 12.9. The third-order valence-electron chi connectivity index (χ3n) is 9.54. The molecule has 0 spiro atoms. The average molecular weight is 575 g/mol. The van der Waals surface area contributed by atoms with Crippen molar-refractivity contribution in [2.24, 2.45) is 5.92 Å². The Balaban J connectivity index is 0.884. The van der Waals surface area contributed by atoms with Gasteiger partial charge in [0.1, 0.15) is 36.0 Å². The molecule has 4 fully saturated rings. The van der Waals surface area contributed by atoms with E-state index < -0.39 is 12.0 Å². The number of hydrogen-bond acceptors (Lipinski definition) is 10. The molecule has 3 saturated heterocycles. The molecule has 12 heteroatoms. The van der Waals surface area contributed by atoms with Crippen molar-refractivity contribution in [1.29, 1.82) is 0 Å². The first-order chi connectivity index (χ1) is 20.3. The van der Waals surface area contributed by atoms with E-state index in [4.69, 9.17) is 29.7 Å². The molecule has 0 amide bonds. The van der Waals surface area contributed by atoms with Gasteiger partial charge < -0.3 is 34.6 Å². The average Bonchev–Trinajstić information content (AvgIpc) is 3.64. The zero-order valence-corrected chi connectivity index (χ0v) is 24.3. The summed E-state index contributed by atoms with van der Waals surface area (Å²) in [6.45, 7) is 6.32. The normalized spacial score (nSPS) is 30.7. The van der Waals surface area contributed by atoms with Gasteiger partial charge in [-0.3, -0.25) is 4.57 Å². The summed E-state index contributed by atoms with van der Waals surface area (Å²) in [6, 6.07) is 7.09. The van der Waals surface area contributed by atoms with E-state index in [2.05, 4.69) is 50.1 Å². The number of hydrogen-bond donors (Lipinski definition) is 2. The Morgan fingerprint density at radius 3 is 2.76 bits per heavy atom. The standard InChI is InChI=1S/C30H38N8O4/c1-30(2)41-25-22(40-29(26(25)42-30)38-15-34-24-27(31)32-14-33-28(24)38)11-37(3)19-8-16(9-19)4-7-23-35-20-6-5-17(10-21(20)36-23)18-12-39-13-18/h5-6,10,14-16,18-19,22,25-26,29H,4,7-9,11-13H2,1-3H3,(H,35,36)(H2,31,32,33). The lowest BCUT2D eigenvalue weighted by Crippen LogP contribution is -2.48. The molecule has 3 N–H and O–H groups in total. The molecule has 4 atom stereocenters. The Hall–Kier alpha value is -3.16. The lowest BCUT2D eigenvalue weighted by Gasteiger charge is -2.42. The molecular formula is C30H38N8O4. The highest BCUT2D eigenvalue weighted by molar-refractivity contribution is 5.81. The molecule has 12 nitrogen and oxygen atoms in total. The lowest BCUT2D eigenvalue weighted by molar-refractivity contribution is -0.198. The molecular weight excluding hydrogens is 536 g/mol. The number of nitrogens with one attached hydrogen (secondary N) is 1. The number of imidazole rings is 2. The second-order valence-electron chi connectivity index (χ2n) is 12.9. The van der Waals surface area contributed by atoms with Crippen molar-refractivity contribution in [3.63, 3.8) is 0 Å². The first kappa shape index (κ1) is 26.5.